The topological polar surface area (TPSA) is 96.8 Å². The van der Waals surface area contributed by atoms with Crippen molar-refractivity contribution >= 4 is 57.9 Å². The molecule has 138 valence electrons. The number of hydrogen-bond acceptors (Lipinski definition) is 6. The highest BCUT2D eigenvalue weighted by Gasteiger charge is 2.10. The summed E-state index contributed by atoms with van der Waals surface area (Å²) in [7, 11) is 1.81. The van der Waals surface area contributed by atoms with Gasteiger partial charge in [0.25, 0.3) is 0 Å². The molecule has 0 atom stereocenters. The van der Waals surface area contributed by atoms with Gasteiger partial charge < -0.3 is 16.0 Å². The molecule has 8 nitrogen and oxygen atoms in total. The highest BCUT2D eigenvalue weighted by atomic mass is 35.5. The number of anilines is 5. The van der Waals surface area contributed by atoms with Crippen LogP contribution >= 0.6 is 23.2 Å². The number of carbonyl (C=O) groups is 1. The number of nitrogens with one attached hydrogen (secondary N) is 3. The fraction of sp³-hybridized carbons (Fsp3) is 0.0588. The van der Waals surface area contributed by atoms with Crippen molar-refractivity contribution in [1.29, 1.82) is 0 Å². The van der Waals surface area contributed by atoms with Crippen LogP contribution in [0.3, 0.4) is 0 Å². The highest BCUT2D eigenvalue weighted by Crippen LogP contribution is 2.31. The number of nitrogens with zero attached hydrogens (tertiary/aromatic N) is 4. The number of aromatic nitrogens is 4. The van der Waals surface area contributed by atoms with Crippen LogP contribution in [-0.4, -0.2) is 25.7 Å². The van der Waals surface area contributed by atoms with Gasteiger partial charge in [-0.2, -0.15) is 10.1 Å². The maximum absolute atomic E-state index is 11.5. The Balaban J connectivity index is 1.84. The molecule has 1 aromatic carbocycles. The number of halogens is 2. The predicted molar refractivity (Wildman–Crippen MR) is 107 cm³/mol. The van der Waals surface area contributed by atoms with Gasteiger partial charge in [-0.25, -0.2) is 4.98 Å². The molecule has 27 heavy (non-hydrogen) atoms. The van der Waals surface area contributed by atoms with Crippen molar-refractivity contribution in [1.82, 2.24) is 19.7 Å². The van der Waals surface area contributed by atoms with E-state index in [1.165, 1.54) is 12.3 Å². The molecule has 0 aliphatic heterocycles. The molecule has 2 heterocycles. The van der Waals surface area contributed by atoms with E-state index in [9.17, 15) is 4.79 Å². The molecule has 3 rings (SSSR count). The minimum absolute atomic E-state index is 0.309. The number of aryl methyl sites for hydroxylation is 1. The van der Waals surface area contributed by atoms with E-state index >= 15 is 0 Å². The first kappa shape index (κ1) is 18.7. The van der Waals surface area contributed by atoms with Gasteiger partial charge in [0.1, 0.15) is 5.02 Å². The maximum atomic E-state index is 11.5. The third-order valence-corrected chi connectivity index (χ3v) is 3.98. The Morgan fingerprint density at radius 2 is 2.00 bits per heavy atom. The molecule has 0 aliphatic rings. The van der Waals surface area contributed by atoms with Crippen LogP contribution in [0.4, 0.5) is 28.8 Å². The summed E-state index contributed by atoms with van der Waals surface area (Å²) in [5.74, 6) is 0.362. The SMILES string of the molecule is C=CC(=O)Nc1ccc(Cl)c(Nc2nc(Nc3cnn(C)c3)ncc2Cl)c1. The van der Waals surface area contributed by atoms with Gasteiger partial charge in [0.15, 0.2) is 5.82 Å². The van der Waals surface area contributed by atoms with E-state index in [1.54, 1.807) is 42.3 Å². The Hall–Kier alpha value is -3.10. The zero-order valence-electron chi connectivity index (χ0n) is 14.2. The lowest BCUT2D eigenvalue weighted by molar-refractivity contribution is -0.111. The monoisotopic (exact) mass is 403 g/mol. The molecule has 0 spiro atoms. The summed E-state index contributed by atoms with van der Waals surface area (Å²) in [6, 6.07) is 4.98. The third-order valence-electron chi connectivity index (χ3n) is 3.38. The lowest BCUT2D eigenvalue weighted by atomic mass is 10.2. The number of carbonyl (C=O) groups excluding carboxylic acids is 1. The first-order chi connectivity index (χ1) is 12.9. The van der Waals surface area contributed by atoms with Crippen LogP contribution in [0.1, 0.15) is 0 Å². The predicted octanol–water partition coefficient (Wildman–Crippen LogP) is 4.13. The van der Waals surface area contributed by atoms with E-state index in [1.807, 2.05) is 0 Å². The molecule has 1 amide bonds. The molecule has 0 aliphatic carbocycles. The molecule has 0 saturated heterocycles. The first-order valence-electron chi connectivity index (χ1n) is 7.73. The van der Waals surface area contributed by atoms with Gasteiger partial charge in [-0.3, -0.25) is 9.48 Å². The van der Waals surface area contributed by atoms with E-state index in [0.717, 1.165) is 5.69 Å². The summed E-state index contributed by atoms with van der Waals surface area (Å²) >= 11 is 12.4. The minimum Gasteiger partial charge on any atom is -0.338 e. The van der Waals surface area contributed by atoms with Crippen LogP contribution in [0.5, 0.6) is 0 Å². The Bertz CT molecular complexity index is 1000. The number of benzene rings is 1. The summed E-state index contributed by atoms with van der Waals surface area (Å²) in [4.78, 5) is 20.0. The smallest absolute Gasteiger partial charge is 0.247 e. The fourth-order valence-electron chi connectivity index (χ4n) is 2.15. The van der Waals surface area contributed by atoms with Gasteiger partial charge in [-0.05, 0) is 24.3 Å². The van der Waals surface area contributed by atoms with E-state index < -0.39 is 0 Å². The van der Waals surface area contributed by atoms with Crippen molar-refractivity contribution in [2.24, 2.45) is 7.05 Å². The standard InChI is InChI=1S/C17H15Cl2N7O/c1-3-15(27)22-10-4-5-12(18)14(6-10)24-16-13(19)8-20-17(25-16)23-11-7-21-26(2)9-11/h3-9H,1H2,2H3,(H,22,27)(H2,20,23,24,25). The largest absolute Gasteiger partial charge is 0.338 e. The first-order valence-corrected chi connectivity index (χ1v) is 8.48. The molecule has 0 saturated carbocycles. The summed E-state index contributed by atoms with van der Waals surface area (Å²) in [5.41, 5.74) is 1.80. The van der Waals surface area contributed by atoms with E-state index in [-0.39, 0.29) is 5.91 Å². The number of rotatable bonds is 6. The van der Waals surface area contributed by atoms with Crippen LogP contribution in [0.25, 0.3) is 0 Å². The number of amides is 1. The van der Waals surface area contributed by atoms with Crippen LogP contribution in [-0.2, 0) is 11.8 Å². The van der Waals surface area contributed by atoms with Gasteiger partial charge >= 0.3 is 0 Å². The van der Waals surface area contributed by atoms with Crippen molar-refractivity contribution in [3.63, 3.8) is 0 Å². The van der Waals surface area contributed by atoms with Gasteiger partial charge in [0.2, 0.25) is 11.9 Å². The number of hydrogen-bond donors (Lipinski definition) is 3. The van der Waals surface area contributed by atoms with Crippen LogP contribution < -0.4 is 16.0 Å². The zero-order chi connectivity index (χ0) is 19.4. The zero-order valence-corrected chi connectivity index (χ0v) is 15.7. The Morgan fingerprint density at radius 3 is 2.70 bits per heavy atom. The van der Waals surface area contributed by atoms with Gasteiger partial charge in [-0.1, -0.05) is 29.8 Å². The lowest BCUT2D eigenvalue weighted by Crippen LogP contribution is -2.07. The lowest BCUT2D eigenvalue weighted by Gasteiger charge is -2.12. The van der Waals surface area contributed by atoms with Gasteiger partial charge in [0.05, 0.1) is 28.8 Å². The van der Waals surface area contributed by atoms with Crippen molar-refractivity contribution in [3.8, 4) is 0 Å². The third kappa shape index (κ3) is 4.75. The van der Waals surface area contributed by atoms with E-state index in [4.69, 9.17) is 23.2 Å². The second kappa shape index (κ2) is 8.07. The molecule has 0 bridgehead atoms. The van der Waals surface area contributed by atoms with E-state index in [2.05, 4.69) is 37.6 Å². The second-order valence-electron chi connectivity index (χ2n) is 5.43. The van der Waals surface area contributed by atoms with Gasteiger partial charge in [0, 0.05) is 18.9 Å². The molecule has 0 unspecified atom stereocenters. The van der Waals surface area contributed by atoms with Crippen molar-refractivity contribution < 1.29 is 4.79 Å². The summed E-state index contributed by atoms with van der Waals surface area (Å²) in [5, 5.41) is 13.6. The Labute approximate surface area is 165 Å². The maximum Gasteiger partial charge on any atom is 0.247 e. The van der Waals surface area contributed by atoms with Gasteiger partial charge in [-0.15, -0.1) is 0 Å². The van der Waals surface area contributed by atoms with Crippen LogP contribution in [0.2, 0.25) is 10.0 Å². The minimum atomic E-state index is -0.328. The van der Waals surface area contributed by atoms with Crippen molar-refractivity contribution in [2.45, 2.75) is 0 Å². The summed E-state index contributed by atoms with van der Waals surface area (Å²) in [6.07, 6.45) is 6.08. The quantitative estimate of drug-likeness (QED) is 0.535. The van der Waals surface area contributed by atoms with Crippen molar-refractivity contribution in [2.75, 3.05) is 16.0 Å². The average molecular weight is 404 g/mol. The Morgan fingerprint density at radius 1 is 1.19 bits per heavy atom. The molecular weight excluding hydrogens is 389 g/mol. The average Bonchev–Trinajstić information content (AvgIpc) is 3.05. The molecule has 10 heteroatoms. The molecule has 2 aromatic heterocycles. The molecule has 3 N–H and O–H groups in total. The van der Waals surface area contributed by atoms with Crippen LogP contribution in [0, 0.1) is 0 Å². The molecule has 3 aromatic rings. The Kier molecular flexibility index (Phi) is 5.58. The molecule has 0 fully saturated rings. The summed E-state index contributed by atoms with van der Waals surface area (Å²) < 4.78 is 1.65. The second-order valence-corrected chi connectivity index (χ2v) is 6.25. The molecule has 0 radical (unpaired) electrons. The van der Waals surface area contributed by atoms with E-state index in [0.29, 0.717) is 33.2 Å². The fourth-order valence-corrected chi connectivity index (χ4v) is 2.45. The highest BCUT2D eigenvalue weighted by molar-refractivity contribution is 6.34. The summed E-state index contributed by atoms with van der Waals surface area (Å²) in [6.45, 7) is 3.42. The van der Waals surface area contributed by atoms with Crippen LogP contribution in [0.15, 0.2) is 49.4 Å². The normalized spacial score (nSPS) is 10.3. The molecular formula is C17H15Cl2N7O. The van der Waals surface area contributed by atoms with Crippen molar-refractivity contribution in [3.05, 3.63) is 59.5 Å².